The van der Waals surface area contributed by atoms with Crippen LogP contribution in [0.15, 0.2) is 30.3 Å². The second-order valence-corrected chi connectivity index (χ2v) is 9.60. The van der Waals surface area contributed by atoms with Crippen LogP contribution >= 0.6 is 11.6 Å². The summed E-state index contributed by atoms with van der Waals surface area (Å²) < 4.78 is 5.77. The number of likely N-dealkylation sites (tertiary alicyclic amines) is 1. The lowest BCUT2D eigenvalue weighted by atomic mass is 9.95. The lowest BCUT2D eigenvalue weighted by molar-refractivity contribution is -0.109. The summed E-state index contributed by atoms with van der Waals surface area (Å²) in [5.41, 5.74) is 3.78. The number of halogens is 1. The van der Waals surface area contributed by atoms with Gasteiger partial charge in [0.2, 0.25) is 6.41 Å². The lowest BCUT2D eigenvalue weighted by Gasteiger charge is -2.33. The second-order valence-electron chi connectivity index (χ2n) is 9.23. The van der Waals surface area contributed by atoms with Gasteiger partial charge in [-0.1, -0.05) is 29.8 Å². The molecule has 1 aliphatic heterocycles. The van der Waals surface area contributed by atoms with Gasteiger partial charge in [-0.15, -0.1) is 0 Å². The molecular formula is C26H33ClN2O4. The molecule has 0 saturated carbocycles. The molecule has 2 N–H and O–H groups in total. The number of amides is 2. The molecule has 33 heavy (non-hydrogen) atoms. The highest BCUT2D eigenvalue weighted by Crippen LogP contribution is 2.35. The van der Waals surface area contributed by atoms with Gasteiger partial charge in [-0.3, -0.25) is 9.59 Å². The summed E-state index contributed by atoms with van der Waals surface area (Å²) in [5.74, 6) is 0.602. The molecule has 7 heteroatoms. The molecule has 0 spiro atoms. The van der Waals surface area contributed by atoms with E-state index in [9.17, 15) is 14.7 Å². The standard InChI is InChI=1S/C26H33ClN2O4/c1-17-14-21(18(2)23(27)24(17)33-13-11-28-16-30)15-19-7-9-20(10-8-19)25(31)29-12-5-6-22(29)26(3,4)32/h7-10,14,16,22,32H,5-6,11-13,15H2,1-4H3,(H,28,30). The Morgan fingerprint density at radius 3 is 2.64 bits per heavy atom. The first kappa shape index (κ1) is 25.1. The topological polar surface area (TPSA) is 78.9 Å². The van der Waals surface area contributed by atoms with E-state index in [1.165, 1.54) is 0 Å². The number of nitrogens with one attached hydrogen (secondary N) is 1. The van der Waals surface area contributed by atoms with E-state index < -0.39 is 5.60 Å². The second kappa shape index (κ2) is 10.6. The Morgan fingerprint density at radius 1 is 1.30 bits per heavy atom. The fourth-order valence-corrected chi connectivity index (χ4v) is 4.77. The number of benzene rings is 2. The zero-order chi connectivity index (χ0) is 24.2. The Kier molecular flexibility index (Phi) is 8.03. The Bertz CT molecular complexity index is 999. The van der Waals surface area contributed by atoms with Crippen LogP contribution in [0.5, 0.6) is 5.75 Å². The molecule has 1 heterocycles. The third-order valence-corrected chi connectivity index (χ3v) is 6.71. The third kappa shape index (κ3) is 5.87. The monoisotopic (exact) mass is 472 g/mol. The fraction of sp³-hybridized carbons (Fsp3) is 0.462. The predicted molar refractivity (Wildman–Crippen MR) is 130 cm³/mol. The van der Waals surface area contributed by atoms with Gasteiger partial charge < -0.3 is 20.1 Å². The van der Waals surface area contributed by atoms with Gasteiger partial charge in [0.1, 0.15) is 12.4 Å². The Labute approximate surface area is 200 Å². The van der Waals surface area contributed by atoms with Crippen LogP contribution in [0, 0.1) is 13.8 Å². The van der Waals surface area contributed by atoms with E-state index in [1.807, 2.05) is 38.1 Å². The van der Waals surface area contributed by atoms with Gasteiger partial charge in [0.15, 0.2) is 0 Å². The molecule has 1 atom stereocenters. The van der Waals surface area contributed by atoms with E-state index in [0.717, 1.165) is 35.1 Å². The van der Waals surface area contributed by atoms with Crippen molar-refractivity contribution in [1.82, 2.24) is 10.2 Å². The number of carbonyl (C=O) groups is 2. The number of nitrogens with zero attached hydrogens (tertiary/aromatic N) is 1. The van der Waals surface area contributed by atoms with E-state index in [2.05, 4.69) is 11.4 Å². The van der Waals surface area contributed by atoms with Gasteiger partial charge in [0.05, 0.1) is 23.2 Å². The minimum Gasteiger partial charge on any atom is -0.490 e. The molecule has 1 unspecified atom stereocenters. The minimum absolute atomic E-state index is 0.0354. The van der Waals surface area contributed by atoms with Crippen LogP contribution in [0.1, 0.15) is 59.3 Å². The lowest BCUT2D eigenvalue weighted by Crippen LogP contribution is -2.48. The van der Waals surface area contributed by atoms with Gasteiger partial charge >= 0.3 is 0 Å². The van der Waals surface area contributed by atoms with E-state index in [0.29, 0.717) is 48.9 Å². The maximum absolute atomic E-state index is 13.0. The molecule has 3 rings (SSSR count). The molecule has 6 nitrogen and oxygen atoms in total. The van der Waals surface area contributed by atoms with Crippen LogP contribution in [-0.4, -0.2) is 53.7 Å². The number of aliphatic hydroxyl groups is 1. The Balaban J connectivity index is 1.72. The van der Waals surface area contributed by atoms with Crippen molar-refractivity contribution < 1.29 is 19.4 Å². The molecule has 2 aromatic rings. The average Bonchev–Trinajstić information content (AvgIpc) is 3.27. The van der Waals surface area contributed by atoms with Crippen molar-refractivity contribution in [2.24, 2.45) is 0 Å². The van der Waals surface area contributed by atoms with Crippen molar-refractivity contribution >= 4 is 23.9 Å². The van der Waals surface area contributed by atoms with E-state index in [4.69, 9.17) is 16.3 Å². The summed E-state index contributed by atoms with van der Waals surface area (Å²) in [6.07, 6.45) is 3.05. The van der Waals surface area contributed by atoms with Crippen LogP contribution in [0.3, 0.4) is 0 Å². The van der Waals surface area contributed by atoms with Crippen molar-refractivity contribution in [1.29, 1.82) is 0 Å². The maximum atomic E-state index is 13.0. The van der Waals surface area contributed by atoms with Crippen LogP contribution in [0.25, 0.3) is 0 Å². The zero-order valence-electron chi connectivity index (χ0n) is 19.8. The van der Waals surface area contributed by atoms with Gasteiger partial charge in [0.25, 0.3) is 5.91 Å². The largest absolute Gasteiger partial charge is 0.490 e. The normalized spacial score (nSPS) is 16.1. The third-order valence-electron chi connectivity index (χ3n) is 6.26. The predicted octanol–water partition coefficient (Wildman–Crippen LogP) is 4.05. The SMILES string of the molecule is Cc1cc(Cc2ccc(C(=O)N3CCCC3C(C)(C)O)cc2)c(C)c(Cl)c1OCCNC=O. The van der Waals surface area contributed by atoms with E-state index in [-0.39, 0.29) is 11.9 Å². The van der Waals surface area contributed by atoms with Crippen molar-refractivity contribution in [3.05, 3.63) is 63.2 Å². The Hall–Kier alpha value is -2.57. The average molecular weight is 473 g/mol. The molecule has 1 saturated heterocycles. The summed E-state index contributed by atoms with van der Waals surface area (Å²) >= 11 is 6.59. The molecule has 178 valence electrons. The number of ether oxygens (including phenoxy) is 1. The summed E-state index contributed by atoms with van der Waals surface area (Å²) in [6, 6.07) is 9.58. The molecule has 0 radical (unpaired) electrons. The smallest absolute Gasteiger partial charge is 0.254 e. The van der Waals surface area contributed by atoms with Crippen molar-refractivity contribution in [2.75, 3.05) is 19.7 Å². The number of rotatable bonds is 9. The van der Waals surface area contributed by atoms with E-state index in [1.54, 1.807) is 18.7 Å². The van der Waals surface area contributed by atoms with Gasteiger partial charge in [0, 0.05) is 12.1 Å². The highest BCUT2D eigenvalue weighted by atomic mass is 35.5. The van der Waals surface area contributed by atoms with Crippen LogP contribution < -0.4 is 10.1 Å². The maximum Gasteiger partial charge on any atom is 0.254 e. The number of hydrogen-bond acceptors (Lipinski definition) is 4. The fourth-order valence-electron chi connectivity index (χ4n) is 4.45. The van der Waals surface area contributed by atoms with Crippen molar-refractivity contribution in [3.63, 3.8) is 0 Å². The summed E-state index contributed by atoms with van der Waals surface area (Å²) in [7, 11) is 0. The number of carbonyl (C=O) groups excluding carboxylic acids is 2. The first-order valence-electron chi connectivity index (χ1n) is 11.3. The van der Waals surface area contributed by atoms with E-state index >= 15 is 0 Å². The molecule has 0 aromatic heterocycles. The molecule has 0 bridgehead atoms. The summed E-state index contributed by atoms with van der Waals surface area (Å²) in [6.45, 7) is 8.88. The Morgan fingerprint density at radius 2 is 2.00 bits per heavy atom. The zero-order valence-corrected chi connectivity index (χ0v) is 20.5. The van der Waals surface area contributed by atoms with Crippen LogP contribution in [0.4, 0.5) is 0 Å². The number of hydrogen-bond donors (Lipinski definition) is 2. The van der Waals surface area contributed by atoms with Gasteiger partial charge in [-0.25, -0.2) is 0 Å². The molecule has 2 aromatic carbocycles. The molecule has 1 fully saturated rings. The quantitative estimate of drug-likeness (QED) is 0.426. The van der Waals surface area contributed by atoms with Gasteiger partial charge in [-0.2, -0.15) is 0 Å². The first-order valence-corrected chi connectivity index (χ1v) is 11.7. The highest BCUT2D eigenvalue weighted by molar-refractivity contribution is 6.33. The van der Waals surface area contributed by atoms with Gasteiger partial charge in [-0.05, 0) is 81.3 Å². The molecule has 0 aliphatic carbocycles. The highest BCUT2D eigenvalue weighted by Gasteiger charge is 2.38. The number of aryl methyl sites for hydroxylation is 1. The minimum atomic E-state index is -0.915. The van der Waals surface area contributed by atoms with Crippen molar-refractivity contribution in [2.45, 2.75) is 58.6 Å². The van der Waals surface area contributed by atoms with Crippen molar-refractivity contribution in [3.8, 4) is 5.75 Å². The van der Waals surface area contributed by atoms with Crippen LogP contribution in [0.2, 0.25) is 5.02 Å². The molecule has 1 aliphatic rings. The molecule has 2 amide bonds. The molecular weight excluding hydrogens is 440 g/mol. The summed E-state index contributed by atoms with van der Waals surface area (Å²) in [5, 5.41) is 13.6. The first-order chi connectivity index (χ1) is 15.6. The van der Waals surface area contributed by atoms with Crippen LogP contribution in [-0.2, 0) is 11.2 Å². The summed E-state index contributed by atoms with van der Waals surface area (Å²) in [4.78, 5) is 25.2.